The second kappa shape index (κ2) is 14.8. The molecule has 1 aliphatic carbocycles. The first kappa shape index (κ1) is 34.5. The van der Waals surface area contributed by atoms with Gasteiger partial charge in [0, 0.05) is 36.5 Å². The zero-order chi connectivity index (χ0) is 33.5. The normalized spacial score (nSPS) is 16.6. The van der Waals surface area contributed by atoms with E-state index in [2.05, 4.69) is 28.7 Å². The number of benzene rings is 3. The highest BCUT2D eigenvalue weighted by atomic mass is 19.4. The number of nitriles is 1. The predicted molar refractivity (Wildman–Crippen MR) is 177 cm³/mol. The number of hydrogen-bond donors (Lipinski definition) is 3. The highest BCUT2D eigenvalue weighted by Crippen LogP contribution is 2.39. The maximum atomic E-state index is 13.6. The second-order valence-corrected chi connectivity index (χ2v) is 12.1. The number of halogens is 3. The summed E-state index contributed by atoms with van der Waals surface area (Å²) in [7, 11) is 3.85. The third kappa shape index (κ3) is 8.65. The molecule has 2 aliphatic rings. The summed E-state index contributed by atoms with van der Waals surface area (Å²) in [5.41, 5.74) is 2.03. The van der Waals surface area contributed by atoms with Crippen molar-refractivity contribution in [3.05, 3.63) is 108 Å². The van der Waals surface area contributed by atoms with Gasteiger partial charge in [0.2, 0.25) is 0 Å². The number of likely N-dealkylation sites (tertiary alicyclic amines) is 1. The molecule has 1 saturated heterocycles. The zero-order valence-corrected chi connectivity index (χ0v) is 26.3. The van der Waals surface area contributed by atoms with E-state index in [9.17, 15) is 23.1 Å². The maximum Gasteiger partial charge on any atom is 0.417 e. The van der Waals surface area contributed by atoms with Crippen LogP contribution in [0.25, 0.3) is 16.8 Å². The molecule has 3 aromatic carbocycles. The zero-order valence-electron chi connectivity index (χ0n) is 26.3. The van der Waals surface area contributed by atoms with Gasteiger partial charge in [-0.3, -0.25) is 0 Å². The molecule has 3 aromatic rings. The van der Waals surface area contributed by atoms with Crippen molar-refractivity contribution in [2.75, 3.05) is 32.5 Å². The molecule has 1 aliphatic heterocycles. The Labute approximate surface area is 269 Å². The SMILES string of the molecule is C=C(NC)c1cccc(-c2cccc(CC(O)(C(=C)Nc3ccc(C#N)c(C(F)(F)F)c3)C3CCN(C)CC3)c2)c1.O=CC1CC1. The van der Waals surface area contributed by atoms with Crippen molar-refractivity contribution < 1.29 is 23.1 Å². The van der Waals surface area contributed by atoms with Gasteiger partial charge in [0.15, 0.2) is 0 Å². The Morgan fingerprint density at radius 1 is 1.02 bits per heavy atom. The number of piperidine rings is 1. The predicted octanol–water partition coefficient (Wildman–Crippen LogP) is 7.27. The Hall–Kier alpha value is -4.39. The van der Waals surface area contributed by atoms with Gasteiger partial charge in [-0.2, -0.15) is 18.4 Å². The van der Waals surface area contributed by atoms with Crippen LogP contribution in [0, 0.1) is 23.2 Å². The first-order chi connectivity index (χ1) is 21.9. The highest BCUT2D eigenvalue weighted by molar-refractivity contribution is 5.71. The van der Waals surface area contributed by atoms with E-state index in [1.54, 1.807) is 6.07 Å². The Balaban J connectivity index is 0.000000874. The minimum atomic E-state index is -4.69. The average molecular weight is 631 g/mol. The standard InChI is InChI=1S/C33H35F3N4O.C4H6O/c1-22(38-3)25-8-6-10-27(18-25)26-9-5-7-24(17-26)20-32(41,29-13-15-40(4)16-14-29)23(2)39-30-12-11-28(21-37)31(19-30)33(34,35)36;5-3-4-1-2-4/h5-12,17-19,29,38-39,41H,1-2,13-16,20H2,3-4H3;3-4H,1-2H2. The minimum Gasteiger partial charge on any atom is -0.388 e. The summed E-state index contributed by atoms with van der Waals surface area (Å²) in [6.07, 6.45) is 0.274. The molecule has 1 heterocycles. The summed E-state index contributed by atoms with van der Waals surface area (Å²) >= 11 is 0. The van der Waals surface area contributed by atoms with Crippen LogP contribution >= 0.6 is 0 Å². The van der Waals surface area contributed by atoms with Gasteiger partial charge in [-0.1, -0.05) is 55.6 Å². The van der Waals surface area contributed by atoms with Gasteiger partial charge in [0.05, 0.1) is 17.2 Å². The number of aliphatic hydroxyl groups is 1. The molecule has 46 heavy (non-hydrogen) atoms. The van der Waals surface area contributed by atoms with Crippen molar-refractivity contribution in [1.82, 2.24) is 10.2 Å². The summed E-state index contributed by atoms with van der Waals surface area (Å²) in [4.78, 5) is 11.8. The third-order valence-electron chi connectivity index (χ3n) is 8.72. The van der Waals surface area contributed by atoms with Crippen molar-refractivity contribution in [3.63, 3.8) is 0 Å². The van der Waals surface area contributed by atoms with Crippen molar-refractivity contribution in [2.24, 2.45) is 11.8 Å². The van der Waals surface area contributed by atoms with Crippen LogP contribution in [0.1, 0.15) is 47.9 Å². The molecular formula is C37H41F3N4O2. The molecule has 242 valence electrons. The number of aldehydes is 1. The molecule has 1 unspecified atom stereocenters. The number of carbonyl (C=O) groups is 1. The number of nitrogens with zero attached hydrogens (tertiary/aromatic N) is 2. The summed E-state index contributed by atoms with van der Waals surface area (Å²) < 4.78 is 40.8. The van der Waals surface area contributed by atoms with E-state index < -0.39 is 22.9 Å². The summed E-state index contributed by atoms with van der Waals surface area (Å²) in [6, 6.07) is 20.9. The van der Waals surface area contributed by atoms with Gasteiger partial charge in [-0.25, -0.2) is 0 Å². The van der Waals surface area contributed by atoms with Crippen molar-refractivity contribution >= 4 is 17.7 Å². The van der Waals surface area contributed by atoms with Crippen LogP contribution in [0.5, 0.6) is 0 Å². The van der Waals surface area contributed by atoms with Crippen LogP contribution in [0.4, 0.5) is 18.9 Å². The fourth-order valence-electron chi connectivity index (χ4n) is 5.66. The van der Waals surface area contributed by atoms with Crippen LogP contribution in [0.2, 0.25) is 0 Å². The van der Waals surface area contributed by atoms with Crippen LogP contribution in [-0.2, 0) is 17.4 Å². The number of carbonyl (C=O) groups excluding carboxylic acids is 1. The van der Waals surface area contributed by atoms with Gasteiger partial charge in [0.25, 0.3) is 0 Å². The quantitative estimate of drug-likeness (QED) is 0.204. The maximum absolute atomic E-state index is 13.6. The van der Waals surface area contributed by atoms with E-state index in [1.807, 2.05) is 62.6 Å². The van der Waals surface area contributed by atoms with Gasteiger partial charge in [-0.15, -0.1) is 0 Å². The van der Waals surface area contributed by atoms with E-state index in [4.69, 9.17) is 5.26 Å². The second-order valence-electron chi connectivity index (χ2n) is 12.1. The molecular weight excluding hydrogens is 589 g/mol. The molecule has 1 saturated carbocycles. The largest absolute Gasteiger partial charge is 0.417 e. The van der Waals surface area contributed by atoms with E-state index in [1.165, 1.54) is 6.07 Å². The molecule has 5 rings (SSSR count). The lowest BCUT2D eigenvalue weighted by Gasteiger charge is -2.42. The number of hydrogen-bond acceptors (Lipinski definition) is 6. The molecule has 1 atom stereocenters. The first-order valence-electron chi connectivity index (χ1n) is 15.4. The Kier molecular flexibility index (Phi) is 11.1. The van der Waals surface area contributed by atoms with Crippen molar-refractivity contribution in [1.29, 1.82) is 5.26 Å². The average Bonchev–Trinajstić information content (AvgIpc) is 3.90. The Bertz CT molecular complexity index is 1600. The molecule has 9 heteroatoms. The number of anilines is 1. The van der Waals surface area contributed by atoms with Gasteiger partial charge < -0.3 is 25.4 Å². The van der Waals surface area contributed by atoms with E-state index in [-0.39, 0.29) is 23.7 Å². The molecule has 3 N–H and O–H groups in total. The van der Waals surface area contributed by atoms with Crippen LogP contribution in [0.15, 0.2) is 85.6 Å². The summed E-state index contributed by atoms with van der Waals surface area (Å²) in [6.45, 7) is 9.75. The fourth-order valence-corrected chi connectivity index (χ4v) is 5.66. The highest BCUT2D eigenvalue weighted by Gasteiger charge is 2.41. The van der Waals surface area contributed by atoms with E-state index >= 15 is 0 Å². The molecule has 0 spiro atoms. The lowest BCUT2D eigenvalue weighted by atomic mass is 9.74. The van der Waals surface area contributed by atoms with Crippen LogP contribution < -0.4 is 10.6 Å². The lowest BCUT2D eigenvalue weighted by Crippen LogP contribution is -2.48. The molecule has 6 nitrogen and oxygen atoms in total. The molecule has 0 amide bonds. The first-order valence-corrected chi connectivity index (χ1v) is 15.4. The van der Waals surface area contributed by atoms with Crippen molar-refractivity contribution in [3.8, 4) is 17.2 Å². The van der Waals surface area contributed by atoms with Crippen molar-refractivity contribution in [2.45, 2.75) is 43.9 Å². The Morgan fingerprint density at radius 2 is 1.67 bits per heavy atom. The van der Waals surface area contributed by atoms with E-state index in [0.717, 1.165) is 72.3 Å². The number of nitrogens with one attached hydrogen (secondary N) is 2. The van der Waals surface area contributed by atoms with Gasteiger partial charge >= 0.3 is 6.18 Å². The van der Waals surface area contributed by atoms with Gasteiger partial charge in [0.1, 0.15) is 11.9 Å². The topological polar surface area (TPSA) is 88.4 Å². The van der Waals surface area contributed by atoms with E-state index in [0.29, 0.717) is 18.8 Å². The molecule has 0 bridgehead atoms. The minimum absolute atomic E-state index is 0.114. The summed E-state index contributed by atoms with van der Waals surface area (Å²) in [5, 5.41) is 27.5. The fraction of sp³-hybridized carbons (Fsp3) is 0.351. The lowest BCUT2D eigenvalue weighted by molar-refractivity contribution is -0.137. The van der Waals surface area contributed by atoms with Gasteiger partial charge in [-0.05, 0) is 98.3 Å². The number of alkyl halides is 3. The third-order valence-corrected chi connectivity index (χ3v) is 8.72. The number of rotatable bonds is 10. The molecule has 2 fully saturated rings. The van der Waals surface area contributed by atoms with Crippen LogP contribution in [0.3, 0.4) is 0 Å². The smallest absolute Gasteiger partial charge is 0.388 e. The molecule has 0 aromatic heterocycles. The molecule has 0 radical (unpaired) electrons. The Morgan fingerprint density at radius 3 is 2.24 bits per heavy atom. The monoisotopic (exact) mass is 630 g/mol. The summed E-state index contributed by atoms with van der Waals surface area (Å²) in [5.74, 6) is 0.292. The van der Waals surface area contributed by atoms with Crippen LogP contribution in [-0.4, -0.2) is 49.1 Å².